The second-order valence-electron chi connectivity index (χ2n) is 7.30. The summed E-state index contributed by atoms with van der Waals surface area (Å²) < 4.78 is 12.6. The topological polar surface area (TPSA) is 69.9 Å². The van der Waals surface area contributed by atoms with Crippen molar-refractivity contribution in [2.75, 3.05) is 13.7 Å². The SMILES string of the molecule is C=CCOC(=O)C1=C(C)N=c2s/c(=C\c3cccc(Cl)c3)c(=O)n2C1c1ccc(OC)cc1. The third kappa shape index (κ3) is 4.55. The van der Waals surface area contributed by atoms with Gasteiger partial charge in [-0.05, 0) is 48.4 Å². The number of halogens is 1. The van der Waals surface area contributed by atoms with Crippen LogP contribution >= 0.6 is 22.9 Å². The molecule has 1 unspecified atom stereocenters. The van der Waals surface area contributed by atoms with Crippen LogP contribution in [0.3, 0.4) is 0 Å². The minimum atomic E-state index is -0.689. The van der Waals surface area contributed by atoms with Crippen LogP contribution in [0.5, 0.6) is 5.75 Å². The molecular weight excluding hydrogens is 460 g/mol. The van der Waals surface area contributed by atoms with Gasteiger partial charge in [0, 0.05) is 5.02 Å². The molecule has 0 aliphatic carbocycles. The minimum absolute atomic E-state index is 0.0597. The van der Waals surface area contributed by atoms with Crippen LogP contribution in [0.15, 0.2) is 82.2 Å². The van der Waals surface area contributed by atoms with Crippen LogP contribution in [0.25, 0.3) is 6.08 Å². The maximum Gasteiger partial charge on any atom is 0.338 e. The van der Waals surface area contributed by atoms with Crippen molar-refractivity contribution >= 4 is 35.0 Å². The molecule has 0 radical (unpaired) electrons. The van der Waals surface area contributed by atoms with Gasteiger partial charge in [-0.3, -0.25) is 9.36 Å². The lowest BCUT2D eigenvalue weighted by Gasteiger charge is -2.24. The van der Waals surface area contributed by atoms with Crippen LogP contribution in [0.2, 0.25) is 5.02 Å². The zero-order chi connectivity index (χ0) is 23.5. The maximum absolute atomic E-state index is 13.5. The van der Waals surface area contributed by atoms with E-state index in [4.69, 9.17) is 21.1 Å². The molecule has 2 heterocycles. The largest absolute Gasteiger partial charge is 0.497 e. The number of hydrogen-bond donors (Lipinski definition) is 0. The lowest BCUT2D eigenvalue weighted by molar-refractivity contribution is -0.138. The quantitative estimate of drug-likeness (QED) is 0.399. The van der Waals surface area contributed by atoms with Gasteiger partial charge in [0.15, 0.2) is 4.80 Å². The molecule has 1 atom stereocenters. The summed E-state index contributed by atoms with van der Waals surface area (Å²) >= 11 is 7.36. The predicted octanol–water partition coefficient (Wildman–Crippen LogP) is 3.63. The predicted molar refractivity (Wildman–Crippen MR) is 129 cm³/mol. The summed E-state index contributed by atoms with van der Waals surface area (Å²) in [5.74, 6) is 0.129. The molecule has 8 heteroatoms. The Balaban J connectivity index is 1.92. The van der Waals surface area contributed by atoms with Crippen molar-refractivity contribution in [3.63, 3.8) is 0 Å². The first-order valence-corrected chi connectivity index (χ1v) is 11.3. The first-order valence-electron chi connectivity index (χ1n) is 10.1. The Morgan fingerprint density at radius 2 is 2.03 bits per heavy atom. The van der Waals surface area contributed by atoms with Crippen molar-refractivity contribution in [2.45, 2.75) is 13.0 Å². The fraction of sp³-hybridized carbons (Fsp3) is 0.160. The van der Waals surface area contributed by atoms with E-state index in [1.807, 2.05) is 24.3 Å². The molecule has 0 spiro atoms. The highest BCUT2D eigenvalue weighted by atomic mass is 35.5. The number of rotatable bonds is 6. The normalized spacial score (nSPS) is 15.6. The number of nitrogens with zero attached hydrogens (tertiary/aromatic N) is 2. The van der Waals surface area contributed by atoms with Crippen molar-refractivity contribution in [1.29, 1.82) is 0 Å². The smallest absolute Gasteiger partial charge is 0.338 e. The van der Waals surface area contributed by atoms with Gasteiger partial charge in [-0.15, -0.1) is 0 Å². The number of allylic oxidation sites excluding steroid dienone is 1. The lowest BCUT2D eigenvalue weighted by atomic mass is 9.96. The highest BCUT2D eigenvalue weighted by molar-refractivity contribution is 7.07. The van der Waals surface area contributed by atoms with Crippen LogP contribution in [0, 0.1) is 0 Å². The van der Waals surface area contributed by atoms with E-state index in [0.29, 0.717) is 31.4 Å². The monoisotopic (exact) mass is 480 g/mol. The number of esters is 1. The third-order valence-corrected chi connectivity index (χ3v) is 6.37. The van der Waals surface area contributed by atoms with Gasteiger partial charge in [0.25, 0.3) is 5.56 Å². The van der Waals surface area contributed by atoms with Crippen LogP contribution in [0.4, 0.5) is 0 Å². The first kappa shape index (κ1) is 22.8. The fourth-order valence-electron chi connectivity index (χ4n) is 3.64. The Morgan fingerprint density at radius 1 is 1.27 bits per heavy atom. The van der Waals surface area contributed by atoms with Gasteiger partial charge in [-0.1, -0.05) is 59.9 Å². The van der Waals surface area contributed by atoms with E-state index >= 15 is 0 Å². The molecule has 0 fully saturated rings. The van der Waals surface area contributed by atoms with Gasteiger partial charge in [-0.2, -0.15) is 0 Å². The van der Waals surface area contributed by atoms with E-state index in [1.165, 1.54) is 17.4 Å². The number of fused-ring (bicyclic) bond motifs is 1. The van der Waals surface area contributed by atoms with Crippen LogP contribution < -0.4 is 19.6 Å². The number of methoxy groups -OCH3 is 1. The molecule has 2 aromatic carbocycles. The summed E-state index contributed by atoms with van der Waals surface area (Å²) in [6.07, 6.45) is 3.27. The molecule has 1 aliphatic heterocycles. The first-order chi connectivity index (χ1) is 15.9. The molecule has 6 nitrogen and oxygen atoms in total. The number of hydrogen-bond acceptors (Lipinski definition) is 6. The Morgan fingerprint density at radius 3 is 2.70 bits per heavy atom. The number of ether oxygens (including phenoxy) is 2. The zero-order valence-corrected chi connectivity index (χ0v) is 19.7. The number of benzene rings is 2. The molecule has 1 aromatic heterocycles. The summed E-state index contributed by atoms with van der Waals surface area (Å²) in [5.41, 5.74) is 2.10. The van der Waals surface area contributed by atoms with Crippen LogP contribution in [-0.2, 0) is 9.53 Å². The lowest BCUT2D eigenvalue weighted by Crippen LogP contribution is -2.39. The van der Waals surface area contributed by atoms with Gasteiger partial charge in [0.05, 0.1) is 29.0 Å². The molecular formula is C25H21ClN2O4S. The number of carbonyl (C=O) groups excluding carboxylic acids is 1. The van der Waals surface area contributed by atoms with E-state index in [-0.39, 0.29) is 12.2 Å². The molecule has 0 saturated carbocycles. The van der Waals surface area contributed by atoms with Crippen molar-refractivity contribution in [3.05, 3.63) is 108 Å². The second-order valence-corrected chi connectivity index (χ2v) is 8.74. The van der Waals surface area contributed by atoms with Gasteiger partial charge < -0.3 is 9.47 Å². The average Bonchev–Trinajstić information content (AvgIpc) is 3.11. The highest BCUT2D eigenvalue weighted by Gasteiger charge is 2.33. The Hall–Kier alpha value is -3.42. The van der Waals surface area contributed by atoms with E-state index in [1.54, 1.807) is 48.9 Å². The van der Waals surface area contributed by atoms with Gasteiger partial charge in [-0.25, -0.2) is 9.79 Å². The summed E-state index contributed by atoms with van der Waals surface area (Å²) in [6.45, 7) is 5.40. The van der Waals surface area contributed by atoms with E-state index in [0.717, 1.165) is 11.1 Å². The molecule has 33 heavy (non-hydrogen) atoms. The summed E-state index contributed by atoms with van der Waals surface area (Å²) in [4.78, 5) is 31.6. The average molecular weight is 481 g/mol. The summed E-state index contributed by atoms with van der Waals surface area (Å²) in [6, 6.07) is 13.8. The standard InChI is InChI=1S/C25H21ClN2O4S/c1-4-12-32-24(30)21-15(2)27-25-28(22(21)17-8-10-19(31-3)11-9-17)23(29)20(33-25)14-16-6-5-7-18(26)13-16/h4-11,13-14,22H,1,12H2,2-3H3/b20-14-. The van der Waals surface area contributed by atoms with E-state index in [9.17, 15) is 9.59 Å². The zero-order valence-electron chi connectivity index (χ0n) is 18.1. The molecule has 4 rings (SSSR count). The Labute approximate surface area is 199 Å². The molecule has 0 N–H and O–H groups in total. The molecule has 0 bridgehead atoms. The van der Waals surface area contributed by atoms with E-state index in [2.05, 4.69) is 11.6 Å². The number of aromatic nitrogens is 1. The third-order valence-electron chi connectivity index (χ3n) is 5.15. The molecule has 168 valence electrons. The maximum atomic E-state index is 13.5. The van der Waals surface area contributed by atoms with Gasteiger partial charge in [0.1, 0.15) is 12.4 Å². The van der Waals surface area contributed by atoms with Crippen molar-refractivity contribution in [2.24, 2.45) is 4.99 Å². The van der Waals surface area contributed by atoms with E-state index < -0.39 is 12.0 Å². The van der Waals surface area contributed by atoms with Crippen molar-refractivity contribution < 1.29 is 14.3 Å². The molecule has 1 aliphatic rings. The van der Waals surface area contributed by atoms with Crippen molar-refractivity contribution in [1.82, 2.24) is 4.57 Å². The second kappa shape index (κ2) is 9.60. The minimum Gasteiger partial charge on any atom is -0.497 e. The molecule has 3 aromatic rings. The van der Waals surface area contributed by atoms with Gasteiger partial charge in [0.2, 0.25) is 0 Å². The summed E-state index contributed by atoms with van der Waals surface area (Å²) in [5, 5.41) is 0.579. The molecule has 0 amide bonds. The number of thiazole rings is 1. The molecule has 0 saturated heterocycles. The summed E-state index contributed by atoms with van der Waals surface area (Å²) in [7, 11) is 1.58. The van der Waals surface area contributed by atoms with Crippen LogP contribution in [0.1, 0.15) is 24.1 Å². The highest BCUT2D eigenvalue weighted by Crippen LogP contribution is 2.31. The van der Waals surface area contributed by atoms with Gasteiger partial charge >= 0.3 is 5.97 Å². The van der Waals surface area contributed by atoms with Crippen LogP contribution in [-0.4, -0.2) is 24.3 Å². The van der Waals surface area contributed by atoms with Crippen molar-refractivity contribution in [3.8, 4) is 5.75 Å². The number of carbonyl (C=O) groups is 1. The Bertz CT molecular complexity index is 1430. The Kier molecular flexibility index (Phi) is 6.62. The fourth-order valence-corrected chi connectivity index (χ4v) is 4.89.